The first-order chi connectivity index (χ1) is 6.79. The Morgan fingerprint density at radius 3 is 2.38 bits per heavy atom. The normalized spacial score (nSPS) is 12.1. The first-order valence-corrected chi connectivity index (χ1v) is 5.31. The molecule has 0 radical (unpaired) electrons. The molecule has 0 spiro atoms. The molecule has 0 bridgehead atoms. The summed E-state index contributed by atoms with van der Waals surface area (Å²) >= 11 is 0. The molecule has 1 atom stereocenters. The molecular formula is C7H12NNaO6S. The summed E-state index contributed by atoms with van der Waals surface area (Å²) in [6, 6.07) is 0. The second kappa shape index (κ2) is 7.80. The second-order valence-electron chi connectivity index (χ2n) is 2.59. The topological polar surface area (TPSA) is 124 Å². The zero-order valence-electron chi connectivity index (χ0n) is 9.75. The van der Waals surface area contributed by atoms with Gasteiger partial charge in [-0.2, -0.15) is 8.42 Å². The van der Waals surface area contributed by atoms with E-state index in [2.05, 4.69) is 11.3 Å². The number of rotatable bonds is 6. The maximum absolute atomic E-state index is 11.1. The van der Waals surface area contributed by atoms with Crippen molar-refractivity contribution >= 4 is 22.0 Å². The predicted molar refractivity (Wildman–Crippen MR) is 51.4 cm³/mol. The number of hydrogen-bond acceptors (Lipinski definition) is 5. The minimum absolute atomic E-state index is 0. The van der Waals surface area contributed by atoms with Crippen molar-refractivity contribution in [2.45, 2.75) is 11.7 Å². The molecule has 0 fully saturated rings. The molecule has 9 heteroatoms. The number of hydrogen-bond donors (Lipinski definition) is 2. The van der Waals surface area contributed by atoms with Gasteiger partial charge in [-0.15, -0.1) is 0 Å². The summed E-state index contributed by atoms with van der Waals surface area (Å²) in [4.78, 5) is 21.5. The molecule has 0 aliphatic carbocycles. The molecule has 3 N–H and O–H groups in total. The van der Waals surface area contributed by atoms with Gasteiger partial charge in [-0.05, 0) is 0 Å². The van der Waals surface area contributed by atoms with Gasteiger partial charge in [0.05, 0.1) is 6.42 Å². The molecular weight excluding hydrogens is 249 g/mol. The SMILES string of the molecule is C=CCOC(=O)C(CC(N)=O)S(=O)(=O)O.[H-].[Na+]. The average Bonchev–Trinajstić information content (AvgIpc) is 2.08. The van der Waals surface area contributed by atoms with E-state index in [0.29, 0.717) is 0 Å². The molecule has 0 rings (SSSR count). The van der Waals surface area contributed by atoms with E-state index >= 15 is 0 Å². The molecule has 7 nitrogen and oxygen atoms in total. The number of nitrogens with two attached hydrogens (primary N) is 1. The standard InChI is InChI=1S/C7H11NO6S.Na.H/c1-2-3-14-7(10)5(4-6(8)9)15(11,12)13;;/h2,5H,1,3-4H2,(H2,8,9)(H,11,12,13);;/q;+1;-1. The number of primary amides is 1. The molecule has 0 heterocycles. The number of ether oxygens (including phenoxy) is 1. The summed E-state index contributed by atoms with van der Waals surface area (Å²) in [5.74, 6) is -2.27. The van der Waals surface area contributed by atoms with E-state index in [0.717, 1.165) is 0 Å². The summed E-state index contributed by atoms with van der Waals surface area (Å²) in [5.41, 5.74) is 4.71. The molecule has 0 aromatic carbocycles. The quantitative estimate of drug-likeness (QED) is 0.217. The van der Waals surface area contributed by atoms with Crippen LogP contribution in [0.3, 0.4) is 0 Å². The zero-order chi connectivity index (χ0) is 12.1. The third kappa shape index (κ3) is 6.96. The minimum atomic E-state index is -4.70. The minimum Gasteiger partial charge on any atom is -1.00 e. The van der Waals surface area contributed by atoms with Crippen LogP contribution >= 0.6 is 0 Å². The number of carbonyl (C=O) groups excluding carboxylic acids is 2. The molecule has 0 aliphatic rings. The molecule has 88 valence electrons. The molecule has 1 amide bonds. The molecule has 0 aliphatic heterocycles. The summed E-state index contributed by atoms with van der Waals surface area (Å²) in [5, 5.41) is -1.98. The van der Waals surface area contributed by atoms with Crippen LogP contribution < -0.4 is 35.3 Å². The van der Waals surface area contributed by atoms with E-state index in [-0.39, 0.29) is 37.6 Å². The second-order valence-corrected chi connectivity index (χ2v) is 4.19. The van der Waals surface area contributed by atoms with E-state index < -0.39 is 33.7 Å². The van der Waals surface area contributed by atoms with Crippen LogP contribution in [0.1, 0.15) is 7.85 Å². The van der Waals surface area contributed by atoms with Crippen LogP contribution in [0.4, 0.5) is 0 Å². The largest absolute Gasteiger partial charge is 1.00 e. The average molecular weight is 261 g/mol. The maximum Gasteiger partial charge on any atom is 1.00 e. The molecule has 0 saturated heterocycles. The van der Waals surface area contributed by atoms with Crippen molar-refractivity contribution in [3.63, 3.8) is 0 Å². The first-order valence-electron chi connectivity index (χ1n) is 3.81. The van der Waals surface area contributed by atoms with Gasteiger partial charge in [-0.3, -0.25) is 14.1 Å². The summed E-state index contributed by atoms with van der Waals surface area (Å²) < 4.78 is 34.4. The molecule has 0 aromatic rings. The smallest absolute Gasteiger partial charge is 1.00 e. The first kappa shape index (κ1) is 18.0. The van der Waals surface area contributed by atoms with Crippen molar-refractivity contribution < 1.29 is 58.3 Å². The van der Waals surface area contributed by atoms with Crippen molar-refractivity contribution in [3.8, 4) is 0 Å². The van der Waals surface area contributed by atoms with Crippen molar-refractivity contribution in [3.05, 3.63) is 12.7 Å². The predicted octanol–water partition coefficient (Wildman–Crippen LogP) is -4.04. The van der Waals surface area contributed by atoms with Gasteiger partial charge < -0.3 is 11.9 Å². The van der Waals surface area contributed by atoms with Crippen LogP contribution in [0.5, 0.6) is 0 Å². The monoisotopic (exact) mass is 261 g/mol. The van der Waals surface area contributed by atoms with Crippen molar-refractivity contribution in [2.75, 3.05) is 6.61 Å². The Bertz CT molecular complexity index is 371. The Morgan fingerprint density at radius 1 is 1.56 bits per heavy atom. The van der Waals surface area contributed by atoms with Gasteiger partial charge in [0.25, 0.3) is 10.1 Å². The van der Waals surface area contributed by atoms with E-state index in [4.69, 9.17) is 10.3 Å². The maximum atomic E-state index is 11.1. The summed E-state index contributed by atoms with van der Waals surface area (Å²) in [6.45, 7) is 3.02. The van der Waals surface area contributed by atoms with Crippen LogP contribution in [0.2, 0.25) is 0 Å². The van der Waals surface area contributed by atoms with Crippen LogP contribution in [0.25, 0.3) is 0 Å². The van der Waals surface area contributed by atoms with Crippen LogP contribution in [-0.2, 0) is 24.4 Å². The Hall–Kier alpha value is -0.410. The number of amides is 1. The van der Waals surface area contributed by atoms with Crippen molar-refractivity contribution in [1.82, 2.24) is 0 Å². The molecule has 16 heavy (non-hydrogen) atoms. The molecule has 1 unspecified atom stereocenters. The number of esters is 1. The Kier molecular flexibility index (Phi) is 8.76. The van der Waals surface area contributed by atoms with Crippen LogP contribution in [0.15, 0.2) is 12.7 Å². The van der Waals surface area contributed by atoms with Gasteiger partial charge in [0.1, 0.15) is 6.61 Å². The fraction of sp³-hybridized carbons (Fsp3) is 0.429. The van der Waals surface area contributed by atoms with Gasteiger partial charge in [-0.1, -0.05) is 12.7 Å². The summed E-state index contributed by atoms with van der Waals surface area (Å²) in [7, 11) is -4.70. The van der Waals surface area contributed by atoms with Crippen LogP contribution in [-0.4, -0.2) is 36.7 Å². The summed E-state index contributed by atoms with van der Waals surface area (Å²) in [6.07, 6.45) is 0.387. The van der Waals surface area contributed by atoms with Gasteiger partial charge in [-0.25, -0.2) is 0 Å². The van der Waals surface area contributed by atoms with E-state index in [1.54, 1.807) is 0 Å². The Labute approximate surface area is 117 Å². The fourth-order valence-electron chi connectivity index (χ4n) is 0.727. The number of carbonyl (C=O) groups is 2. The van der Waals surface area contributed by atoms with E-state index in [1.165, 1.54) is 6.08 Å². The van der Waals surface area contributed by atoms with Crippen molar-refractivity contribution in [1.29, 1.82) is 0 Å². The van der Waals surface area contributed by atoms with Crippen molar-refractivity contribution in [2.24, 2.45) is 5.73 Å². The van der Waals surface area contributed by atoms with Gasteiger partial charge in [0.2, 0.25) is 5.91 Å². The third-order valence-electron chi connectivity index (χ3n) is 1.35. The molecule has 0 aromatic heterocycles. The molecule has 0 saturated carbocycles. The van der Waals surface area contributed by atoms with Gasteiger partial charge in [0.15, 0.2) is 5.25 Å². The Balaban J connectivity index is -0.000000980. The van der Waals surface area contributed by atoms with Gasteiger partial charge >= 0.3 is 35.5 Å². The third-order valence-corrected chi connectivity index (χ3v) is 2.43. The van der Waals surface area contributed by atoms with Crippen LogP contribution in [0, 0.1) is 0 Å². The van der Waals surface area contributed by atoms with Gasteiger partial charge in [0, 0.05) is 0 Å². The zero-order valence-corrected chi connectivity index (χ0v) is 11.6. The fourth-order valence-corrected chi connectivity index (χ4v) is 1.41. The van der Waals surface area contributed by atoms with E-state index in [9.17, 15) is 18.0 Å². The Morgan fingerprint density at radius 2 is 2.06 bits per heavy atom. The van der Waals surface area contributed by atoms with E-state index in [1.807, 2.05) is 0 Å².